The number of amides is 1. The van der Waals surface area contributed by atoms with E-state index in [0.717, 1.165) is 38.5 Å². The monoisotopic (exact) mass is 816 g/mol. The number of carbonyl (C=O) groups excluding carboxylic acids is 1. The van der Waals surface area contributed by atoms with Crippen LogP contribution < -0.4 is 5.32 Å². The third-order valence-corrected chi connectivity index (χ3v) is 11.9. The van der Waals surface area contributed by atoms with Gasteiger partial charge in [0.1, 0.15) is 0 Å². The van der Waals surface area contributed by atoms with Gasteiger partial charge in [-0.1, -0.05) is 256 Å². The maximum atomic E-state index is 12.5. The Morgan fingerprint density at radius 3 is 1.10 bits per heavy atom. The second-order valence-electron chi connectivity index (χ2n) is 17.8. The molecule has 3 atom stereocenters. The fourth-order valence-electron chi connectivity index (χ4n) is 7.96. The summed E-state index contributed by atoms with van der Waals surface area (Å²) in [5.41, 5.74) is 0. The number of unbranched alkanes of at least 4 members (excludes halogenated alkanes) is 34. The zero-order chi connectivity index (χ0) is 42.3. The molecule has 0 aliphatic rings. The average molecular weight is 816 g/mol. The smallest absolute Gasteiger partial charge is 0.222 e. The molecule has 0 heterocycles. The molecule has 0 saturated heterocycles. The van der Waals surface area contributed by atoms with E-state index in [1.54, 1.807) is 6.08 Å². The Kier molecular flexibility index (Phi) is 47.0. The fourth-order valence-corrected chi connectivity index (χ4v) is 7.96. The van der Waals surface area contributed by atoms with Crippen LogP contribution in [-0.2, 0) is 4.79 Å². The molecule has 0 rings (SSSR count). The maximum Gasteiger partial charge on any atom is 0.222 e. The lowest BCUT2D eigenvalue weighted by Crippen LogP contribution is -2.45. The molecule has 0 saturated carbocycles. The van der Waals surface area contributed by atoms with E-state index in [1.807, 2.05) is 6.08 Å². The summed E-state index contributed by atoms with van der Waals surface area (Å²) in [5.74, 6) is -0.326. The Bertz CT molecular complexity index is 901. The molecule has 0 aromatic heterocycles. The zero-order valence-electron chi connectivity index (χ0n) is 38.9. The molecule has 3 unspecified atom stereocenters. The predicted molar refractivity (Wildman–Crippen MR) is 254 cm³/mol. The van der Waals surface area contributed by atoms with Crippen LogP contribution in [0.1, 0.15) is 271 Å². The maximum absolute atomic E-state index is 12.5. The average Bonchev–Trinajstić information content (AvgIpc) is 3.22. The molecule has 0 aromatic carbocycles. The lowest BCUT2D eigenvalue weighted by Gasteiger charge is -2.21. The molecule has 0 radical (unpaired) electrons. The standard InChI is InChI=1S/C53H101NO4/c1-3-5-7-9-11-13-15-17-19-21-23-24-25-26-27-29-31-33-35-37-39-41-43-45-47-52(57)51(49-55)54-53(58)48-50(56)46-44-42-40-38-36-34-32-30-28-22-20-18-16-14-12-10-8-6-4-2/h29,31,37,39,45,47,50-52,55-57H,3-28,30,32-36,38,40-44,46,48-49H2,1-2H3,(H,54,58)/b31-29+,39-37+,47-45+. The normalized spacial score (nSPS) is 13.7. The number of nitrogens with one attached hydrogen (secondary N) is 1. The lowest BCUT2D eigenvalue weighted by molar-refractivity contribution is -0.124. The molecule has 58 heavy (non-hydrogen) atoms. The van der Waals surface area contributed by atoms with Crippen LogP contribution in [0.25, 0.3) is 0 Å². The Balaban J connectivity index is 3.66. The van der Waals surface area contributed by atoms with Crippen LogP contribution in [-0.4, -0.2) is 46.1 Å². The highest BCUT2D eigenvalue weighted by Crippen LogP contribution is 2.17. The van der Waals surface area contributed by atoms with Gasteiger partial charge in [0.2, 0.25) is 5.91 Å². The number of carbonyl (C=O) groups is 1. The molecule has 342 valence electrons. The van der Waals surface area contributed by atoms with E-state index in [4.69, 9.17) is 0 Å². The van der Waals surface area contributed by atoms with Crippen LogP contribution in [0.3, 0.4) is 0 Å². The molecular weight excluding hydrogens is 715 g/mol. The van der Waals surface area contributed by atoms with Crippen LogP contribution in [0.2, 0.25) is 0 Å². The van der Waals surface area contributed by atoms with Gasteiger partial charge in [-0.05, 0) is 44.9 Å². The Morgan fingerprint density at radius 2 is 0.741 bits per heavy atom. The van der Waals surface area contributed by atoms with Crippen molar-refractivity contribution in [3.05, 3.63) is 36.5 Å². The zero-order valence-corrected chi connectivity index (χ0v) is 38.9. The van der Waals surface area contributed by atoms with Gasteiger partial charge in [-0.3, -0.25) is 4.79 Å². The first kappa shape index (κ1) is 56.6. The van der Waals surface area contributed by atoms with Gasteiger partial charge < -0.3 is 20.6 Å². The number of hydrogen-bond acceptors (Lipinski definition) is 4. The van der Waals surface area contributed by atoms with Crippen molar-refractivity contribution in [2.75, 3.05) is 6.61 Å². The minimum Gasteiger partial charge on any atom is -0.394 e. The summed E-state index contributed by atoms with van der Waals surface area (Å²) in [6.45, 7) is 4.22. The summed E-state index contributed by atoms with van der Waals surface area (Å²) < 4.78 is 0. The van der Waals surface area contributed by atoms with E-state index in [2.05, 4.69) is 43.5 Å². The molecule has 0 aliphatic heterocycles. The van der Waals surface area contributed by atoms with Crippen molar-refractivity contribution in [2.45, 2.75) is 289 Å². The summed E-state index contributed by atoms with van der Waals surface area (Å²) in [4.78, 5) is 12.5. The Hall–Kier alpha value is -1.43. The molecule has 1 amide bonds. The van der Waals surface area contributed by atoms with Crippen LogP contribution in [0, 0.1) is 0 Å². The van der Waals surface area contributed by atoms with Gasteiger partial charge in [-0.25, -0.2) is 0 Å². The van der Waals surface area contributed by atoms with Crippen LogP contribution in [0.15, 0.2) is 36.5 Å². The predicted octanol–water partition coefficient (Wildman–Crippen LogP) is 15.5. The minimum absolute atomic E-state index is 0.00540. The number of aliphatic hydroxyl groups is 3. The van der Waals surface area contributed by atoms with Crippen molar-refractivity contribution in [2.24, 2.45) is 0 Å². The van der Waals surface area contributed by atoms with E-state index >= 15 is 0 Å². The summed E-state index contributed by atoms with van der Waals surface area (Å²) in [6, 6.07) is -0.766. The van der Waals surface area contributed by atoms with Gasteiger partial charge in [-0.2, -0.15) is 0 Å². The van der Waals surface area contributed by atoms with Gasteiger partial charge in [0.05, 0.1) is 31.3 Å². The first-order chi connectivity index (χ1) is 28.5. The molecule has 0 aromatic rings. The van der Waals surface area contributed by atoms with E-state index in [0.29, 0.717) is 6.42 Å². The van der Waals surface area contributed by atoms with Crippen molar-refractivity contribution in [1.29, 1.82) is 0 Å². The summed E-state index contributed by atoms with van der Waals surface area (Å²) in [7, 11) is 0. The third-order valence-electron chi connectivity index (χ3n) is 11.9. The second-order valence-corrected chi connectivity index (χ2v) is 17.8. The van der Waals surface area contributed by atoms with E-state index in [-0.39, 0.29) is 18.9 Å². The topological polar surface area (TPSA) is 89.8 Å². The number of allylic oxidation sites excluding steroid dienone is 5. The highest BCUT2D eigenvalue weighted by molar-refractivity contribution is 5.76. The molecule has 0 aliphatic carbocycles. The van der Waals surface area contributed by atoms with Crippen molar-refractivity contribution in [1.82, 2.24) is 5.32 Å². The van der Waals surface area contributed by atoms with Crippen molar-refractivity contribution >= 4 is 5.91 Å². The Morgan fingerprint density at radius 1 is 0.431 bits per heavy atom. The highest BCUT2D eigenvalue weighted by Gasteiger charge is 2.20. The second kappa shape index (κ2) is 48.2. The van der Waals surface area contributed by atoms with E-state index in [9.17, 15) is 20.1 Å². The summed E-state index contributed by atoms with van der Waals surface area (Å²) in [5, 5.41) is 33.3. The SMILES string of the molecule is CCCCCCCCCCCCCCCC/C=C/CC/C=C/CC/C=C/C(O)C(CO)NC(=O)CC(O)CCCCCCCCCCCCCCCCCCCCC. The molecule has 5 heteroatoms. The largest absolute Gasteiger partial charge is 0.394 e. The highest BCUT2D eigenvalue weighted by atomic mass is 16.3. The molecule has 5 nitrogen and oxygen atoms in total. The molecule has 0 spiro atoms. The number of rotatable bonds is 47. The van der Waals surface area contributed by atoms with E-state index in [1.165, 1.54) is 205 Å². The summed E-state index contributed by atoms with van der Waals surface area (Å²) >= 11 is 0. The van der Waals surface area contributed by atoms with Gasteiger partial charge >= 0.3 is 0 Å². The van der Waals surface area contributed by atoms with E-state index < -0.39 is 18.2 Å². The van der Waals surface area contributed by atoms with Crippen LogP contribution >= 0.6 is 0 Å². The first-order valence-electron chi connectivity index (χ1n) is 25.8. The molecule has 0 fully saturated rings. The third kappa shape index (κ3) is 44.1. The first-order valence-corrected chi connectivity index (χ1v) is 25.8. The van der Waals surface area contributed by atoms with Crippen LogP contribution in [0.5, 0.6) is 0 Å². The fraction of sp³-hybridized carbons (Fsp3) is 0.868. The number of aliphatic hydroxyl groups excluding tert-OH is 3. The molecular formula is C53H101NO4. The Labute approximate surface area is 362 Å². The minimum atomic E-state index is -0.959. The van der Waals surface area contributed by atoms with Crippen molar-refractivity contribution < 1.29 is 20.1 Å². The van der Waals surface area contributed by atoms with Gasteiger partial charge in [0, 0.05) is 0 Å². The number of hydrogen-bond donors (Lipinski definition) is 4. The lowest BCUT2D eigenvalue weighted by atomic mass is 10.0. The quantitative estimate of drug-likeness (QED) is 0.0364. The van der Waals surface area contributed by atoms with Gasteiger partial charge in [-0.15, -0.1) is 0 Å². The summed E-state index contributed by atoms with van der Waals surface area (Å²) in [6.07, 6.45) is 61.7. The van der Waals surface area contributed by atoms with Gasteiger partial charge in [0.25, 0.3) is 0 Å². The van der Waals surface area contributed by atoms with Gasteiger partial charge in [0.15, 0.2) is 0 Å². The molecule has 4 N–H and O–H groups in total. The molecule has 0 bridgehead atoms. The van der Waals surface area contributed by atoms with Crippen LogP contribution in [0.4, 0.5) is 0 Å². The van der Waals surface area contributed by atoms with Crippen molar-refractivity contribution in [3.63, 3.8) is 0 Å². The van der Waals surface area contributed by atoms with Crippen molar-refractivity contribution in [3.8, 4) is 0 Å².